The summed E-state index contributed by atoms with van der Waals surface area (Å²) < 4.78 is 134. The number of fused-ring (bicyclic) bond motifs is 2. The predicted molar refractivity (Wildman–Crippen MR) is 188 cm³/mol. The van der Waals surface area contributed by atoms with Gasteiger partial charge in [0.1, 0.15) is 11.5 Å². The second-order valence-electron chi connectivity index (χ2n) is 15.1. The van der Waals surface area contributed by atoms with E-state index in [2.05, 4.69) is 10.2 Å². The molecule has 0 saturated carbocycles. The number of pyridine rings is 1. The molecule has 1 aromatic heterocycles. The average Bonchev–Trinajstić information content (AvgIpc) is 3.56. The first-order valence-electron chi connectivity index (χ1n) is 18.5. The summed E-state index contributed by atoms with van der Waals surface area (Å²) >= 11 is 0. The van der Waals surface area contributed by atoms with Gasteiger partial charge in [0, 0.05) is 36.9 Å². The highest BCUT2D eigenvalue weighted by Gasteiger charge is 2.61. The van der Waals surface area contributed by atoms with Gasteiger partial charge in [-0.3, -0.25) is 19.4 Å². The molecule has 1 N–H and O–H groups in total. The third-order valence-corrected chi connectivity index (χ3v) is 11.7. The molecule has 6 rings (SSSR count). The quantitative estimate of drug-likeness (QED) is 0.185. The number of aromatic nitrogens is 1. The van der Waals surface area contributed by atoms with Gasteiger partial charge in [0.05, 0.1) is 24.7 Å². The molecular formula is C39H43F9N4O4. The maximum atomic E-state index is 15.2. The third-order valence-electron chi connectivity index (χ3n) is 11.7. The number of hydrogen-bond donors (Lipinski definition) is 1. The molecule has 2 atom stereocenters. The summed E-state index contributed by atoms with van der Waals surface area (Å²) in [4.78, 5) is 43.3. The lowest BCUT2D eigenvalue weighted by atomic mass is 9.76. The van der Waals surface area contributed by atoms with Crippen LogP contribution in [0, 0.1) is 5.41 Å². The van der Waals surface area contributed by atoms with Gasteiger partial charge in [-0.25, -0.2) is 4.79 Å². The first-order chi connectivity index (χ1) is 26.2. The minimum absolute atomic E-state index is 0.0878. The van der Waals surface area contributed by atoms with Crippen LogP contribution in [0.5, 0.6) is 0 Å². The zero-order chi connectivity index (χ0) is 40.8. The molecule has 1 unspecified atom stereocenters. The first-order valence-corrected chi connectivity index (χ1v) is 18.5. The summed E-state index contributed by atoms with van der Waals surface area (Å²) in [6.45, 7) is -0.661. The number of nitrogens with zero attached hydrogens (tertiary/aromatic N) is 3. The smallest absolute Gasteiger partial charge is 0.417 e. The minimum Gasteiger partial charge on any atom is -0.467 e. The number of ether oxygens (including phenoxy) is 1. The van der Waals surface area contributed by atoms with Crippen molar-refractivity contribution in [1.29, 1.82) is 0 Å². The van der Waals surface area contributed by atoms with Gasteiger partial charge in [-0.15, -0.1) is 0 Å². The fourth-order valence-corrected chi connectivity index (χ4v) is 8.78. The molecule has 56 heavy (non-hydrogen) atoms. The highest BCUT2D eigenvalue weighted by atomic mass is 19.4. The zero-order valence-corrected chi connectivity index (χ0v) is 30.9. The van der Waals surface area contributed by atoms with Crippen LogP contribution < -0.4 is 10.9 Å². The molecule has 2 fully saturated rings. The van der Waals surface area contributed by atoms with Gasteiger partial charge in [-0.2, -0.15) is 39.5 Å². The van der Waals surface area contributed by atoms with Crippen molar-refractivity contribution in [2.75, 3.05) is 39.8 Å². The molecule has 2 saturated heterocycles. The Morgan fingerprint density at radius 2 is 1.61 bits per heavy atom. The molecule has 3 aromatic rings. The van der Waals surface area contributed by atoms with E-state index in [1.54, 1.807) is 12.1 Å². The van der Waals surface area contributed by atoms with E-state index in [-0.39, 0.29) is 23.7 Å². The first kappa shape index (κ1) is 41.5. The van der Waals surface area contributed by atoms with E-state index in [1.807, 2.05) is 0 Å². The Kier molecular flexibility index (Phi) is 11.6. The van der Waals surface area contributed by atoms with E-state index in [1.165, 1.54) is 35.9 Å². The summed E-state index contributed by atoms with van der Waals surface area (Å²) in [5, 5.41) is 2.04. The van der Waals surface area contributed by atoms with Crippen molar-refractivity contribution in [1.82, 2.24) is 19.7 Å². The van der Waals surface area contributed by atoms with Crippen LogP contribution in [0.1, 0.15) is 77.8 Å². The molecular weight excluding hydrogens is 759 g/mol. The molecule has 2 aromatic carbocycles. The van der Waals surface area contributed by atoms with Gasteiger partial charge in [-0.05, 0) is 99.1 Å². The van der Waals surface area contributed by atoms with Crippen molar-refractivity contribution in [3.63, 3.8) is 0 Å². The van der Waals surface area contributed by atoms with E-state index in [9.17, 15) is 40.7 Å². The maximum absolute atomic E-state index is 15.2. The Labute approximate surface area is 316 Å². The van der Waals surface area contributed by atoms with E-state index in [0.29, 0.717) is 28.8 Å². The number of aryl methyl sites for hydroxylation is 1. The molecule has 3 heterocycles. The number of benzene rings is 2. The lowest BCUT2D eigenvalue weighted by Crippen LogP contribution is -2.59. The number of carbonyl (C=O) groups is 2. The van der Waals surface area contributed by atoms with Gasteiger partial charge in [0.2, 0.25) is 5.91 Å². The Bertz CT molecular complexity index is 2010. The number of halogens is 9. The van der Waals surface area contributed by atoms with E-state index in [4.69, 9.17) is 4.74 Å². The molecule has 0 bridgehead atoms. The van der Waals surface area contributed by atoms with Crippen LogP contribution in [0.2, 0.25) is 0 Å². The van der Waals surface area contributed by atoms with E-state index >= 15 is 13.2 Å². The molecule has 3 aliphatic rings. The van der Waals surface area contributed by atoms with Gasteiger partial charge in [-0.1, -0.05) is 30.7 Å². The topological polar surface area (TPSA) is 83.9 Å². The van der Waals surface area contributed by atoms with Gasteiger partial charge < -0.3 is 14.6 Å². The average molecular weight is 803 g/mol. The van der Waals surface area contributed by atoms with Crippen LogP contribution in [0.15, 0.2) is 41.2 Å². The summed E-state index contributed by atoms with van der Waals surface area (Å²) in [5.74, 6) is -3.70. The normalized spacial score (nSPS) is 20.2. The number of alkyl halides is 9. The van der Waals surface area contributed by atoms with Crippen LogP contribution in [0.3, 0.4) is 0 Å². The lowest BCUT2D eigenvalue weighted by Gasteiger charge is -2.42. The molecule has 2 aliphatic heterocycles. The number of nitrogens with one attached hydrogen (secondary N) is 1. The van der Waals surface area contributed by atoms with Gasteiger partial charge in [0.15, 0.2) is 0 Å². The van der Waals surface area contributed by atoms with Crippen LogP contribution >= 0.6 is 0 Å². The summed E-state index contributed by atoms with van der Waals surface area (Å²) in [5.41, 5.74) is -3.35. The van der Waals surface area contributed by atoms with Crippen molar-refractivity contribution in [3.8, 4) is 0 Å². The Morgan fingerprint density at radius 1 is 0.929 bits per heavy atom. The number of likely N-dealkylation sites (tertiary alicyclic amines) is 2. The zero-order valence-electron chi connectivity index (χ0n) is 30.9. The minimum atomic E-state index is -5.17. The number of rotatable bonds is 9. The molecule has 0 radical (unpaired) electrons. The maximum Gasteiger partial charge on any atom is 0.417 e. The number of hydrogen-bond acceptors (Lipinski definition) is 6. The fraction of sp³-hybridized carbons (Fsp3) is 0.564. The Morgan fingerprint density at radius 3 is 2.21 bits per heavy atom. The highest BCUT2D eigenvalue weighted by Crippen LogP contribution is 2.48. The van der Waals surface area contributed by atoms with Crippen molar-refractivity contribution in [2.24, 2.45) is 12.5 Å². The van der Waals surface area contributed by atoms with E-state index < -0.39 is 103 Å². The Hall–Kier alpha value is -4.12. The number of carbonyl (C=O) groups excluding carboxylic acids is 2. The van der Waals surface area contributed by atoms with Crippen molar-refractivity contribution in [3.05, 3.63) is 80.1 Å². The number of methoxy groups -OCH3 is 1. The predicted octanol–water partition coefficient (Wildman–Crippen LogP) is 7.03. The van der Waals surface area contributed by atoms with E-state index in [0.717, 1.165) is 44.4 Å². The highest BCUT2D eigenvalue weighted by molar-refractivity contribution is 5.89. The summed E-state index contributed by atoms with van der Waals surface area (Å²) in [7, 11) is 2.39. The fourth-order valence-electron chi connectivity index (χ4n) is 8.78. The monoisotopic (exact) mass is 802 g/mol. The number of esters is 1. The number of amides is 1. The second kappa shape index (κ2) is 15.7. The molecule has 1 aliphatic carbocycles. The summed E-state index contributed by atoms with van der Waals surface area (Å²) in [6, 6.07) is 7.71. The van der Waals surface area contributed by atoms with Crippen LogP contribution in [0.25, 0.3) is 10.9 Å². The Balaban J connectivity index is 1.33. The van der Waals surface area contributed by atoms with Crippen molar-refractivity contribution < 1.29 is 53.8 Å². The molecule has 0 spiro atoms. The summed E-state index contributed by atoms with van der Waals surface area (Å²) in [6.07, 6.45) is -13.8. The largest absolute Gasteiger partial charge is 0.467 e. The molecule has 17 heteroatoms. The van der Waals surface area contributed by atoms with Gasteiger partial charge in [0.25, 0.3) is 5.56 Å². The van der Waals surface area contributed by atoms with Crippen molar-refractivity contribution in [2.45, 2.75) is 88.4 Å². The van der Waals surface area contributed by atoms with Crippen molar-refractivity contribution >= 4 is 22.8 Å². The second-order valence-corrected chi connectivity index (χ2v) is 15.1. The SMILES string of the molecule is COC(=O)C(Cc1cccc2c1CC[C@H]2c1c(C(F)(F)F)c2cc(CN3CCCCC3)ccc2n(C)c1=O)NC(=O)C1(C(F)(F)F)CCN(CC(F)(F)F)CC1. The lowest BCUT2D eigenvalue weighted by molar-refractivity contribution is -0.236. The molecule has 1 amide bonds. The standard InChI is InChI=1S/C39H43F9N4O4/c1-50-30-12-9-23(21-51-15-4-3-5-16-51)19-28(30)32(38(43,44)45)31(33(50)53)27-11-10-25-24(7-6-8-26(25)27)20-29(34(54)56-2)49-35(55)36(39(46,47)48)13-17-52(18-14-36)22-37(40,41)42/h6-9,12,19,27,29H,3-5,10-11,13-18,20-22H2,1-2H3,(H,49,55)/t27-,29?/m1/s1. The van der Waals surface area contributed by atoms with Crippen LogP contribution in [0.4, 0.5) is 39.5 Å². The van der Waals surface area contributed by atoms with Crippen LogP contribution in [-0.4, -0.2) is 84.5 Å². The third kappa shape index (κ3) is 8.29. The molecule has 8 nitrogen and oxygen atoms in total. The number of piperidine rings is 2. The molecule has 306 valence electrons. The van der Waals surface area contributed by atoms with Gasteiger partial charge >= 0.3 is 24.5 Å². The van der Waals surface area contributed by atoms with Crippen LogP contribution in [-0.2, 0) is 46.9 Å².